The lowest BCUT2D eigenvalue weighted by molar-refractivity contribution is 0.402. The second-order valence-electron chi connectivity index (χ2n) is 5.16. The van der Waals surface area contributed by atoms with Crippen molar-refractivity contribution in [3.8, 4) is 5.75 Å². The van der Waals surface area contributed by atoms with Crippen molar-refractivity contribution in [2.75, 3.05) is 13.7 Å². The summed E-state index contributed by atoms with van der Waals surface area (Å²) in [4.78, 5) is 0. The van der Waals surface area contributed by atoms with Gasteiger partial charge < -0.3 is 10.1 Å². The Labute approximate surface area is 111 Å². The number of rotatable bonds is 6. The van der Waals surface area contributed by atoms with Gasteiger partial charge in [0.05, 0.1) is 7.11 Å². The highest BCUT2D eigenvalue weighted by molar-refractivity contribution is 5.42. The van der Waals surface area contributed by atoms with Crippen LogP contribution in [-0.4, -0.2) is 19.7 Å². The predicted octanol–water partition coefficient (Wildman–Crippen LogP) is 3.50. The molecule has 1 aliphatic rings. The van der Waals surface area contributed by atoms with Crippen LogP contribution in [-0.2, 0) is 6.42 Å². The summed E-state index contributed by atoms with van der Waals surface area (Å²) in [7, 11) is 1.75. The van der Waals surface area contributed by atoms with Crippen molar-refractivity contribution < 1.29 is 4.74 Å². The van der Waals surface area contributed by atoms with Crippen molar-refractivity contribution in [2.45, 2.75) is 51.5 Å². The molecule has 1 N–H and O–H groups in total. The molecule has 0 saturated heterocycles. The molecular weight excluding hydrogens is 222 g/mol. The maximum absolute atomic E-state index is 5.37. The fourth-order valence-electron chi connectivity index (χ4n) is 3.18. The summed E-state index contributed by atoms with van der Waals surface area (Å²) in [6.07, 6.45) is 5.00. The van der Waals surface area contributed by atoms with E-state index >= 15 is 0 Å². The van der Waals surface area contributed by atoms with E-state index in [9.17, 15) is 0 Å². The predicted molar refractivity (Wildman–Crippen MR) is 76.4 cm³/mol. The molecule has 1 aromatic rings. The van der Waals surface area contributed by atoms with Gasteiger partial charge in [-0.2, -0.15) is 0 Å². The molecule has 2 atom stereocenters. The van der Waals surface area contributed by atoms with Crippen LogP contribution in [0.3, 0.4) is 0 Å². The van der Waals surface area contributed by atoms with E-state index in [1.807, 2.05) is 0 Å². The van der Waals surface area contributed by atoms with Gasteiger partial charge in [0.1, 0.15) is 5.75 Å². The quantitative estimate of drug-likeness (QED) is 0.830. The lowest BCUT2D eigenvalue weighted by Gasteiger charge is -2.25. The van der Waals surface area contributed by atoms with Crippen LogP contribution in [0.2, 0.25) is 0 Å². The molecule has 0 aromatic heterocycles. The van der Waals surface area contributed by atoms with Gasteiger partial charge in [0, 0.05) is 6.04 Å². The molecule has 18 heavy (non-hydrogen) atoms. The van der Waals surface area contributed by atoms with Gasteiger partial charge in [-0.1, -0.05) is 26.3 Å². The molecule has 1 aliphatic carbocycles. The Balaban J connectivity index is 2.22. The van der Waals surface area contributed by atoms with Gasteiger partial charge in [0.2, 0.25) is 0 Å². The molecule has 0 heterocycles. The summed E-state index contributed by atoms with van der Waals surface area (Å²) in [5, 5.41) is 3.66. The zero-order chi connectivity index (χ0) is 13.0. The third-order valence-corrected chi connectivity index (χ3v) is 4.03. The Morgan fingerprint density at radius 3 is 2.89 bits per heavy atom. The molecule has 0 radical (unpaired) electrons. The summed E-state index contributed by atoms with van der Waals surface area (Å²) < 4.78 is 5.37. The minimum atomic E-state index is 0.619. The van der Waals surface area contributed by atoms with Gasteiger partial charge in [0.25, 0.3) is 0 Å². The minimum Gasteiger partial charge on any atom is -0.497 e. The highest BCUT2D eigenvalue weighted by atomic mass is 16.5. The van der Waals surface area contributed by atoms with E-state index in [0.717, 1.165) is 12.3 Å². The molecule has 100 valence electrons. The normalized spacial score (nSPS) is 19.6. The number of aryl methyl sites for hydroxylation is 1. The van der Waals surface area contributed by atoms with Crippen LogP contribution >= 0.6 is 0 Å². The fraction of sp³-hybridized carbons (Fsp3) is 0.625. The molecular formula is C16H25NO. The largest absolute Gasteiger partial charge is 0.497 e. The third-order valence-electron chi connectivity index (χ3n) is 4.03. The molecule has 2 nitrogen and oxygen atoms in total. The zero-order valence-corrected chi connectivity index (χ0v) is 11.8. The van der Waals surface area contributed by atoms with Gasteiger partial charge in [-0.15, -0.1) is 0 Å². The SMILES string of the molecule is CCCC(NCC)C1CCc2ccc(OC)cc21. The first-order chi connectivity index (χ1) is 8.80. The number of likely N-dealkylation sites (N-methyl/N-ethyl adjacent to an activating group) is 1. The van der Waals surface area contributed by atoms with Crippen LogP contribution in [0.1, 0.15) is 50.2 Å². The first-order valence-electron chi connectivity index (χ1n) is 7.20. The third kappa shape index (κ3) is 2.69. The van der Waals surface area contributed by atoms with Crippen LogP contribution in [0.15, 0.2) is 18.2 Å². The van der Waals surface area contributed by atoms with E-state index in [0.29, 0.717) is 12.0 Å². The van der Waals surface area contributed by atoms with E-state index in [-0.39, 0.29) is 0 Å². The summed E-state index contributed by atoms with van der Waals surface area (Å²) >= 11 is 0. The number of hydrogen-bond acceptors (Lipinski definition) is 2. The van der Waals surface area contributed by atoms with Crippen LogP contribution in [0.5, 0.6) is 5.75 Å². The molecule has 0 fully saturated rings. The maximum atomic E-state index is 5.37. The van der Waals surface area contributed by atoms with Crippen molar-refractivity contribution in [3.63, 3.8) is 0 Å². The minimum absolute atomic E-state index is 0.619. The molecule has 0 spiro atoms. The van der Waals surface area contributed by atoms with E-state index in [1.54, 1.807) is 7.11 Å². The standard InChI is InChI=1S/C16H25NO/c1-4-6-16(17-5-2)14-10-8-12-7-9-13(18-3)11-15(12)14/h7,9,11,14,16-17H,4-6,8,10H2,1-3H3. The molecule has 0 aliphatic heterocycles. The maximum Gasteiger partial charge on any atom is 0.119 e. The number of nitrogens with one attached hydrogen (secondary N) is 1. The highest BCUT2D eigenvalue weighted by Gasteiger charge is 2.29. The van der Waals surface area contributed by atoms with E-state index in [1.165, 1.54) is 36.8 Å². The van der Waals surface area contributed by atoms with Crippen LogP contribution in [0.25, 0.3) is 0 Å². The molecule has 2 rings (SSSR count). The molecule has 0 saturated carbocycles. The van der Waals surface area contributed by atoms with Crippen molar-refractivity contribution in [3.05, 3.63) is 29.3 Å². The molecule has 0 bridgehead atoms. The zero-order valence-electron chi connectivity index (χ0n) is 11.8. The van der Waals surface area contributed by atoms with E-state index < -0.39 is 0 Å². The number of hydrogen-bond donors (Lipinski definition) is 1. The van der Waals surface area contributed by atoms with E-state index in [2.05, 4.69) is 37.4 Å². The van der Waals surface area contributed by atoms with Gasteiger partial charge in [-0.05, 0) is 55.0 Å². The molecule has 2 unspecified atom stereocenters. The smallest absolute Gasteiger partial charge is 0.119 e. The number of benzene rings is 1. The Bertz CT molecular complexity index is 383. The second-order valence-corrected chi connectivity index (χ2v) is 5.16. The lowest BCUT2D eigenvalue weighted by atomic mass is 9.90. The Hall–Kier alpha value is -1.02. The fourth-order valence-corrected chi connectivity index (χ4v) is 3.18. The van der Waals surface area contributed by atoms with Gasteiger partial charge >= 0.3 is 0 Å². The Morgan fingerprint density at radius 1 is 1.39 bits per heavy atom. The number of methoxy groups -OCH3 is 1. The van der Waals surface area contributed by atoms with Gasteiger partial charge in [-0.25, -0.2) is 0 Å². The number of ether oxygens (including phenoxy) is 1. The summed E-state index contributed by atoms with van der Waals surface area (Å²) in [5.74, 6) is 1.65. The average molecular weight is 247 g/mol. The second kappa shape index (κ2) is 6.24. The number of fused-ring (bicyclic) bond motifs is 1. The highest BCUT2D eigenvalue weighted by Crippen LogP contribution is 2.38. The monoisotopic (exact) mass is 247 g/mol. The van der Waals surface area contributed by atoms with Crippen molar-refractivity contribution in [2.24, 2.45) is 0 Å². The summed E-state index contributed by atoms with van der Waals surface area (Å²) in [6.45, 7) is 5.52. The first-order valence-corrected chi connectivity index (χ1v) is 7.20. The molecule has 2 heteroatoms. The van der Waals surface area contributed by atoms with Crippen molar-refractivity contribution >= 4 is 0 Å². The lowest BCUT2D eigenvalue weighted by Crippen LogP contribution is -2.33. The Kier molecular flexibility index (Phi) is 4.65. The first kappa shape index (κ1) is 13.4. The van der Waals surface area contributed by atoms with Crippen molar-refractivity contribution in [1.82, 2.24) is 5.32 Å². The summed E-state index contributed by atoms with van der Waals surface area (Å²) in [5.41, 5.74) is 3.02. The van der Waals surface area contributed by atoms with Crippen molar-refractivity contribution in [1.29, 1.82) is 0 Å². The van der Waals surface area contributed by atoms with Crippen LogP contribution in [0.4, 0.5) is 0 Å². The summed E-state index contributed by atoms with van der Waals surface area (Å²) in [6, 6.07) is 7.19. The molecule has 0 amide bonds. The van der Waals surface area contributed by atoms with Crippen LogP contribution < -0.4 is 10.1 Å². The topological polar surface area (TPSA) is 21.3 Å². The average Bonchev–Trinajstić information content (AvgIpc) is 2.81. The van der Waals surface area contributed by atoms with Gasteiger partial charge in [-0.3, -0.25) is 0 Å². The Morgan fingerprint density at radius 2 is 2.22 bits per heavy atom. The molecule has 1 aromatic carbocycles. The van der Waals surface area contributed by atoms with Gasteiger partial charge in [0.15, 0.2) is 0 Å². The van der Waals surface area contributed by atoms with E-state index in [4.69, 9.17) is 4.74 Å². The van der Waals surface area contributed by atoms with Crippen LogP contribution in [0, 0.1) is 0 Å².